The molecular formula is C11H17NO3S2. The molecule has 0 radical (unpaired) electrons. The molecule has 2 N–H and O–H groups in total. The molecule has 0 spiro atoms. The van der Waals surface area contributed by atoms with Crippen molar-refractivity contribution in [1.29, 1.82) is 0 Å². The molecule has 0 saturated carbocycles. The monoisotopic (exact) mass is 275 g/mol. The first-order chi connectivity index (χ1) is 7.87. The van der Waals surface area contributed by atoms with Gasteiger partial charge >= 0.3 is 0 Å². The SMILES string of the molecule is Cc1ccc(C(C)NC2CS(=O)(=O)CC2O)s1. The van der Waals surface area contributed by atoms with E-state index in [1.54, 1.807) is 11.3 Å². The number of hydrogen-bond donors (Lipinski definition) is 2. The van der Waals surface area contributed by atoms with Crippen molar-refractivity contribution >= 4 is 21.2 Å². The Hall–Kier alpha value is -0.430. The fourth-order valence-electron chi connectivity index (χ4n) is 2.08. The quantitative estimate of drug-likeness (QED) is 0.859. The van der Waals surface area contributed by atoms with Crippen LogP contribution in [0.3, 0.4) is 0 Å². The van der Waals surface area contributed by atoms with Gasteiger partial charge in [0.15, 0.2) is 9.84 Å². The summed E-state index contributed by atoms with van der Waals surface area (Å²) in [5, 5.41) is 12.9. The summed E-state index contributed by atoms with van der Waals surface area (Å²) >= 11 is 1.69. The molecule has 0 aromatic carbocycles. The molecule has 6 heteroatoms. The van der Waals surface area contributed by atoms with Gasteiger partial charge < -0.3 is 10.4 Å². The molecule has 1 aliphatic rings. The van der Waals surface area contributed by atoms with Crippen LogP contribution in [-0.4, -0.2) is 37.2 Å². The Morgan fingerprint density at radius 2 is 2.18 bits per heavy atom. The Morgan fingerprint density at radius 1 is 1.47 bits per heavy atom. The highest BCUT2D eigenvalue weighted by molar-refractivity contribution is 7.91. The largest absolute Gasteiger partial charge is 0.390 e. The van der Waals surface area contributed by atoms with Crippen molar-refractivity contribution in [3.05, 3.63) is 21.9 Å². The zero-order chi connectivity index (χ0) is 12.6. The molecule has 3 atom stereocenters. The molecule has 1 aliphatic heterocycles. The summed E-state index contributed by atoms with van der Waals surface area (Å²) in [6, 6.07) is 3.80. The molecule has 0 amide bonds. The van der Waals surface area contributed by atoms with Gasteiger partial charge in [-0.25, -0.2) is 8.42 Å². The average molecular weight is 275 g/mol. The molecule has 96 valence electrons. The van der Waals surface area contributed by atoms with E-state index in [0.717, 1.165) is 0 Å². The minimum Gasteiger partial charge on any atom is -0.390 e. The van der Waals surface area contributed by atoms with E-state index in [0.29, 0.717) is 0 Å². The van der Waals surface area contributed by atoms with E-state index in [-0.39, 0.29) is 23.6 Å². The normalized spacial score (nSPS) is 29.4. The van der Waals surface area contributed by atoms with E-state index in [1.807, 2.05) is 26.0 Å². The van der Waals surface area contributed by atoms with E-state index in [2.05, 4.69) is 5.32 Å². The number of nitrogens with one attached hydrogen (secondary N) is 1. The molecular weight excluding hydrogens is 258 g/mol. The number of aryl methyl sites for hydroxylation is 1. The van der Waals surface area contributed by atoms with E-state index in [9.17, 15) is 13.5 Å². The highest BCUT2D eigenvalue weighted by Gasteiger charge is 2.37. The fraction of sp³-hybridized carbons (Fsp3) is 0.636. The lowest BCUT2D eigenvalue weighted by atomic mass is 10.1. The van der Waals surface area contributed by atoms with Crippen molar-refractivity contribution in [3.63, 3.8) is 0 Å². The Labute approximate surface area is 106 Å². The van der Waals surface area contributed by atoms with Gasteiger partial charge in [-0.05, 0) is 26.0 Å². The molecule has 4 nitrogen and oxygen atoms in total. The van der Waals surface area contributed by atoms with Crippen molar-refractivity contribution < 1.29 is 13.5 Å². The van der Waals surface area contributed by atoms with Crippen molar-refractivity contribution in [3.8, 4) is 0 Å². The molecule has 2 heterocycles. The van der Waals surface area contributed by atoms with Crippen LogP contribution < -0.4 is 5.32 Å². The second-order valence-electron chi connectivity index (χ2n) is 4.59. The molecule has 0 aliphatic carbocycles. The first-order valence-corrected chi connectivity index (χ1v) is 8.22. The average Bonchev–Trinajstić information content (AvgIpc) is 2.71. The van der Waals surface area contributed by atoms with Gasteiger partial charge in [0.2, 0.25) is 0 Å². The topological polar surface area (TPSA) is 66.4 Å². The van der Waals surface area contributed by atoms with Crippen LogP contribution in [0.25, 0.3) is 0 Å². The van der Waals surface area contributed by atoms with Gasteiger partial charge in [0.05, 0.1) is 17.6 Å². The Morgan fingerprint density at radius 3 is 2.65 bits per heavy atom. The minimum absolute atomic E-state index is 0.0306. The maximum Gasteiger partial charge on any atom is 0.154 e. The third-order valence-corrected chi connectivity index (χ3v) is 5.87. The smallest absolute Gasteiger partial charge is 0.154 e. The Kier molecular flexibility index (Phi) is 3.58. The van der Waals surface area contributed by atoms with Crippen LogP contribution in [0.2, 0.25) is 0 Å². The number of rotatable bonds is 3. The third-order valence-electron chi connectivity index (χ3n) is 2.97. The highest BCUT2D eigenvalue weighted by Crippen LogP contribution is 2.24. The Balaban J connectivity index is 2.02. The van der Waals surface area contributed by atoms with Crippen LogP contribution in [0, 0.1) is 6.92 Å². The number of aliphatic hydroxyl groups is 1. The van der Waals surface area contributed by atoms with Gasteiger partial charge in [0, 0.05) is 21.8 Å². The van der Waals surface area contributed by atoms with Gasteiger partial charge in [-0.15, -0.1) is 11.3 Å². The van der Waals surface area contributed by atoms with Gasteiger partial charge in [-0.2, -0.15) is 0 Å². The predicted molar refractivity (Wildman–Crippen MR) is 69.1 cm³/mol. The molecule has 1 fully saturated rings. The van der Waals surface area contributed by atoms with Crippen molar-refractivity contribution in [2.24, 2.45) is 0 Å². The first-order valence-electron chi connectivity index (χ1n) is 5.58. The van der Waals surface area contributed by atoms with Gasteiger partial charge in [0.1, 0.15) is 0 Å². The Bertz CT molecular complexity index is 495. The van der Waals surface area contributed by atoms with Gasteiger partial charge in [0.25, 0.3) is 0 Å². The number of sulfone groups is 1. The predicted octanol–water partition coefficient (Wildman–Crippen LogP) is 0.865. The molecule has 1 aromatic heterocycles. The van der Waals surface area contributed by atoms with Crippen molar-refractivity contribution in [2.75, 3.05) is 11.5 Å². The van der Waals surface area contributed by atoms with Crippen molar-refractivity contribution in [2.45, 2.75) is 32.0 Å². The summed E-state index contributed by atoms with van der Waals surface area (Å²) in [4.78, 5) is 2.40. The second-order valence-corrected chi connectivity index (χ2v) is 8.06. The van der Waals surface area contributed by atoms with E-state index >= 15 is 0 Å². The van der Waals surface area contributed by atoms with Crippen LogP contribution in [0.4, 0.5) is 0 Å². The zero-order valence-electron chi connectivity index (χ0n) is 9.88. The van der Waals surface area contributed by atoms with Crippen LogP contribution in [-0.2, 0) is 9.84 Å². The molecule has 1 saturated heterocycles. The summed E-state index contributed by atoms with van der Waals surface area (Å²) in [6.07, 6.45) is -0.788. The lowest BCUT2D eigenvalue weighted by Gasteiger charge is -2.20. The summed E-state index contributed by atoms with van der Waals surface area (Å²) < 4.78 is 22.8. The van der Waals surface area contributed by atoms with Crippen molar-refractivity contribution in [1.82, 2.24) is 5.32 Å². The minimum atomic E-state index is -3.08. The number of thiophene rings is 1. The van der Waals surface area contributed by atoms with Gasteiger partial charge in [-0.1, -0.05) is 0 Å². The first kappa shape index (κ1) is 13.0. The zero-order valence-corrected chi connectivity index (χ0v) is 11.5. The van der Waals surface area contributed by atoms with E-state index < -0.39 is 15.9 Å². The number of hydrogen-bond acceptors (Lipinski definition) is 5. The van der Waals surface area contributed by atoms with Crippen LogP contribution >= 0.6 is 11.3 Å². The summed E-state index contributed by atoms with van der Waals surface area (Å²) in [5.41, 5.74) is 0. The maximum absolute atomic E-state index is 11.4. The van der Waals surface area contributed by atoms with Crippen LogP contribution in [0.5, 0.6) is 0 Å². The fourth-order valence-corrected chi connectivity index (χ4v) is 4.72. The summed E-state index contributed by atoms with van der Waals surface area (Å²) in [6.45, 7) is 4.03. The van der Waals surface area contributed by atoms with E-state index in [1.165, 1.54) is 9.75 Å². The molecule has 2 rings (SSSR count). The summed E-state index contributed by atoms with van der Waals surface area (Å²) in [5.74, 6) is -0.0935. The van der Waals surface area contributed by atoms with E-state index in [4.69, 9.17) is 0 Å². The van der Waals surface area contributed by atoms with Gasteiger partial charge in [-0.3, -0.25) is 0 Å². The molecule has 1 aromatic rings. The lowest BCUT2D eigenvalue weighted by Crippen LogP contribution is -2.40. The maximum atomic E-state index is 11.4. The summed E-state index contributed by atoms with van der Waals surface area (Å²) in [7, 11) is -3.08. The molecule has 17 heavy (non-hydrogen) atoms. The van der Waals surface area contributed by atoms with Crippen LogP contribution in [0.1, 0.15) is 22.7 Å². The molecule has 0 bridgehead atoms. The third kappa shape index (κ3) is 3.07. The molecule has 3 unspecified atom stereocenters. The van der Waals surface area contributed by atoms with Crippen LogP contribution in [0.15, 0.2) is 12.1 Å². The standard InChI is InChI=1S/C11H17NO3S2/c1-7-3-4-11(16-7)8(2)12-9-5-17(14,15)6-10(9)13/h3-4,8-10,12-13H,5-6H2,1-2H3. The second kappa shape index (κ2) is 4.68. The number of aliphatic hydroxyl groups excluding tert-OH is 1. The lowest BCUT2D eigenvalue weighted by molar-refractivity contribution is 0.160. The highest BCUT2D eigenvalue weighted by atomic mass is 32.2.